The number of fused-ring (bicyclic) bond motifs is 1. The molecule has 0 bridgehead atoms. The molecule has 4 nitrogen and oxygen atoms in total. The number of aryl methyl sites for hydroxylation is 1. The Hall–Kier alpha value is -2.05. The molecule has 2 amide bonds. The Bertz CT molecular complexity index is 724. The molecule has 1 saturated heterocycles. The quantitative estimate of drug-likeness (QED) is 0.784. The molecule has 2 aliphatic rings. The maximum atomic E-state index is 13.1. The highest BCUT2D eigenvalue weighted by atomic mass is 19.4. The lowest BCUT2D eigenvalue weighted by atomic mass is 9.87. The predicted molar refractivity (Wildman–Crippen MR) is 95.0 cm³/mol. The number of rotatable bonds is 2. The highest BCUT2D eigenvalue weighted by molar-refractivity contribution is 5.83. The smallest absolute Gasteiger partial charge is 0.335 e. The highest BCUT2D eigenvalue weighted by Gasteiger charge is 2.44. The molecule has 1 aromatic carbocycles. The maximum Gasteiger partial charge on any atom is 0.471 e. The topological polar surface area (TPSA) is 40.6 Å². The average molecular weight is 382 g/mol. The van der Waals surface area contributed by atoms with Crippen LogP contribution in [0.15, 0.2) is 18.2 Å². The van der Waals surface area contributed by atoms with Crippen LogP contribution in [0.3, 0.4) is 0 Å². The maximum absolute atomic E-state index is 13.1. The first-order valence-electron chi connectivity index (χ1n) is 9.48. The third-order valence-corrected chi connectivity index (χ3v) is 5.70. The van der Waals surface area contributed by atoms with Gasteiger partial charge in [0.15, 0.2) is 0 Å². The molecule has 0 N–H and O–H groups in total. The average Bonchev–Trinajstić information content (AvgIpc) is 2.65. The van der Waals surface area contributed by atoms with Gasteiger partial charge in [-0.05, 0) is 43.7 Å². The summed E-state index contributed by atoms with van der Waals surface area (Å²) in [7, 11) is 0. The van der Waals surface area contributed by atoms with E-state index in [0.29, 0.717) is 6.54 Å². The fourth-order valence-corrected chi connectivity index (χ4v) is 4.29. The van der Waals surface area contributed by atoms with Crippen LogP contribution in [0.5, 0.6) is 0 Å². The zero-order chi connectivity index (χ0) is 19.8. The minimum Gasteiger partial charge on any atom is -0.335 e. The fraction of sp³-hybridized carbons (Fsp3) is 0.600. The molecule has 1 fully saturated rings. The molecule has 148 valence electrons. The first-order chi connectivity index (χ1) is 12.7. The summed E-state index contributed by atoms with van der Waals surface area (Å²) in [5.41, 5.74) is 3.65. The first kappa shape index (κ1) is 19.7. The molecular weight excluding hydrogens is 357 g/mol. The van der Waals surface area contributed by atoms with E-state index in [1.165, 1.54) is 16.7 Å². The monoisotopic (exact) mass is 382 g/mol. The standard InChI is InChI=1S/C20H25F3N2O2/c1-3-17-16-5-4-13(2)12-15(16)8-11-25(17)18(26)14-6-9-24(10-7-14)19(27)20(21,22)23/h4-5,12,14,17H,3,6-11H2,1-2H3. The Kier molecular flexibility index (Phi) is 5.49. The van der Waals surface area contributed by atoms with Crippen molar-refractivity contribution in [1.29, 1.82) is 0 Å². The number of piperidine rings is 1. The number of carbonyl (C=O) groups excluding carboxylic acids is 2. The summed E-state index contributed by atoms with van der Waals surface area (Å²) in [6.45, 7) is 4.69. The Balaban J connectivity index is 1.68. The van der Waals surface area contributed by atoms with Gasteiger partial charge in [-0.25, -0.2) is 0 Å². The van der Waals surface area contributed by atoms with Crippen LogP contribution < -0.4 is 0 Å². The van der Waals surface area contributed by atoms with Crippen molar-refractivity contribution in [3.63, 3.8) is 0 Å². The number of amides is 2. The van der Waals surface area contributed by atoms with E-state index in [0.717, 1.165) is 17.7 Å². The number of carbonyl (C=O) groups is 2. The van der Waals surface area contributed by atoms with Gasteiger partial charge in [0.2, 0.25) is 5.91 Å². The van der Waals surface area contributed by atoms with Crippen molar-refractivity contribution in [3.05, 3.63) is 34.9 Å². The molecule has 0 aromatic heterocycles. The Morgan fingerprint density at radius 1 is 1.15 bits per heavy atom. The molecule has 2 heterocycles. The van der Waals surface area contributed by atoms with Gasteiger partial charge in [-0.15, -0.1) is 0 Å². The summed E-state index contributed by atoms with van der Waals surface area (Å²) in [4.78, 5) is 27.1. The molecule has 27 heavy (non-hydrogen) atoms. The van der Waals surface area contributed by atoms with Crippen molar-refractivity contribution in [2.75, 3.05) is 19.6 Å². The largest absolute Gasteiger partial charge is 0.471 e. The summed E-state index contributed by atoms with van der Waals surface area (Å²) in [5.74, 6) is -2.11. The van der Waals surface area contributed by atoms with Gasteiger partial charge in [0.25, 0.3) is 0 Å². The fourth-order valence-electron chi connectivity index (χ4n) is 4.29. The number of hydrogen-bond acceptors (Lipinski definition) is 2. The van der Waals surface area contributed by atoms with Crippen molar-refractivity contribution < 1.29 is 22.8 Å². The second kappa shape index (κ2) is 7.52. The van der Waals surface area contributed by atoms with E-state index in [4.69, 9.17) is 0 Å². The van der Waals surface area contributed by atoms with E-state index in [9.17, 15) is 22.8 Å². The minimum atomic E-state index is -4.85. The molecule has 7 heteroatoms. The van der Waals surface area contributed by atoms with Crippen LogP contribution in [0.4, 0.5) is 13.2 Å². The van der Waals surface area contributed by atoms with Crippen LogP contribution in [-0.2, 0) is 16.0 Å². The molecule has 0 spiro atoms. The zero-order valence-corrected chi connectivity index (χ0v) is 15.7. The molecule has 0 radical (unpaired) electrons. The van der Waals surface area contributed by atoms with Crippen LogP contribution in [0.25, 0.3) is 0 Å². The molecule has 0 aliphatic carbocycles. The SMILES string of the molecule is CCC1c2ccc(C)cc2CCN1C(=O)C1CCN(C(=O)C(F)(F)F)CC1. The van der Waals surface area contributed by atoms with E-state index < -0.39 is 12.1 Å². The summed E-state index contributed by atoms with van der Waals surface area (Å²) in [5, 5.41) is 0. The summed E-state index contributed by atoms with van der Waals surface area (Å²) in [6.07, 6.45) is -2.68. The van der Waals surface area contributed by atoms with E-state index >= 15 is 0 Å². The molecule has 1 atom stereocenters. The van der Waals surface area contributed by atoms with Gasteiger partial charge < -0.3 is 9.80 Å². The van der Waals surface area contributed by atoms with Gasteiger partial charge in [-0.2, -0.15) is 13.2 Å². The summed E-state index contributed by atoms with van der Waals surface area (Å²) in [6, 6.07) is 6.32. The van der Waals surface area contributed by atoms with Gasteiger partial charge in [-0.3, -0.25) is 9.59 Å². The number of halogens is 3. The van der Waals surface area contributed by atoms with Crippen LogP contribution in [0.1, 0.15) is 48.9 Å². The van der Waals surface area contributed by atoms with Crippen LogP contribution in [0, 0.1) is 12.8 Å². The molecule has 1 unspecified atom stereocenters. The summed E-state index contributed by atoms with van der Waals surface area (Å²) >= 11 is 0. The van der Waals surface area contributed by atoms with Gasteiger partial charge in [-0.1, -0.05) is 30.7 Å². The van der Waals surface area contributed by atoms with Crippen molar-refractivity contribution in [2.24, 2.45) is 5.92 Å². The Morgan fingerprint density at radius 2 is 1.81 bits per heavy atom. The van der Waals surface area contributed by atoms with Crippen LogP contribution >= 0.6 is 0 Å². The molecule has 0 saturated carbocycles. The third kappa shape index (κ3) is 3.96. The van der Waals surface area contributed by atoms with E-state index in [2.05, 4.69) is 25.1 Å². The highest BCUT2D eigenvalue weighted by Crippen LogP contribution is 2.35. The lowest BCUT2D eigenvalue weighted by molar-refractivity contribution is -0.187. The molecular formula is C20H25F3N2O2. The van der Waals surface area contributed by atoms with Crippen molar-refractivity contribution in [2.45, 2.75) is 51.7 Å². The van der Waals surface area contributed by atoms with Crippen molar-refractivity contribution in [1.82, 2.24) is 9.80 Å². The number of likely N-dealkylation sites (tertiary alicyclic amines) is 1. The van der Waals surface area contributed by atoms with Gasteiger partial charge in [0.1, 0.15) is 0 Å². The van der Waals surface area contributed by atoms with Crippen molar-refractivity contribution >= 4 is 11.8 Å². The van der Waals surface area contributed by atoms with Crippen LogP contribution in [-0.4, -0.2) is 47.4 Å². The zero-order valence-electron chi connectivity index (χ0n) is 15.7. The Morgan fingerprint density at radius 3 is 2.41 bits per heavy atom. The van der Waals surface area contributed by atoms with Gasteiger partial charge in [0, 0.05) is 25.6 Å². The van der Waals surface area contributed by atoms with Gasteiger partial charge in [0.05, 0.1) is 6.04 Å². The predicted octanol–water partition coefficient (Wildman–Crippen LogP) is 3.63. The Labute approximate surface area is 157 Å². The van der Waals surface area contributed by atoms with E-state index in [1.54, 1.807) is 0 Å². The molecule has 3 rings (SSSR count). The van der Waals surface area contributed by atoms with Crippen LogP contribution in [0.2, 0.25) is 0 Å². The molecule has 1 aromatic rings. The minimum absolute atomic E-state index is 0.00665. The van der Waals surface area contributed by atoms with Crippen molar-refractivity contribution in [3.8, 4) is 0 Å². The lowest BCUT2D eigenvalue weighted by Crippen LogP contribution is -2.49. The first-order valence-corrected chi connectivity index (χ1v) is 9.48. The number of alkyl halides is 3. The van der Waals surface area contributed by atoms with E-state index in [1.807, 2.05) is 11.8 Å². The second-order valence-electron chi connectivity index (χ2n) is 7.47. The number of benzene rings is 1. The third-order valence-electron chi connectivity index (χ3n) is 5.70. The molecule has 2 aliphatic heterocycles. The normalized spacial score (nSPS) is 21.1. The van der Waals surface area contributed by atoms with E-state index in [-0.39, 0.29) is 43.8 Å². The second-order valence-corrected chi connectivity index (χ2v) is 7.47. The van der Waals surface area contributed by atoms with Gasteiger partial charge >= 0.3 is 12.1 Å². The number of nitrogens with zero attached hydrogens (tertiary/aromatic N) is 2. The summed E-state index contributed by atoms with van der Waals surface area (Å²) < 4.78 is 37.7. The number of hydrogen-bond donors (Lipinski definition) is 0. The lowest BCUT2D eigenvalue weighted by Gasteiger charge is -2.41.